The van der Waals surface area contributed by atoms with Crippen molar-refractivity contribution in [1.82, 2.24) is 14.8 Å². The minimum atomic E-state index is -0.180. The van der Waals surface area contributed by atoms with Crippen LogP contribution in [0.4, 0.5) is 0 Å². The Kier molecular flexibility index (Phi) is 3.62. The average molecular weight is 246 g/mol. The Morgan fingerprint density at radius 3 is 2.61 bits per heavy atom. The summed E-state index contributed by atoms with van der Waals surface area (Å²) in [5.74, 6) is 0.700. The van der Waals surface area contributed by atoms with Crippen LogP contribution in [-0.2, 0) is 6.42 Å². The van der Waals surface area contributed by atoms with Crippen LogP contribution in [0.1, 0.15) is 37.3 Å². The Bertz CT molecular complexity index is 556. The first kappa shape index (κ1) is 12.6. The van der Waals surface area contributed by atoms with E-state index in [0.29, 0.717) is 12.2 Å². The van der Waals surface area contributed by atoms with Gasteiger partial charge in [0.05, 0.1) is 0 Å². The molecular weight excluding hydrogens is 228 g/mol. The van der Waals surface area contributed by atoms with Gasteiger partial charge in [-0.2, -0.15) is 5.10 Å². The summed E-state index contributed by atoms with van der Waals surface area (Å²) < 4.78 is 1.64. The maximum atomic E-state index is 11.6. The summed E-state index contributed by atoms with van der Waals surface area (Å²) in [5.41, 5.74) is 7.00. The first-order valence-corrected chi connectivity index (χ1v) is 6.06. The number of hydrogen-bond donors (Lipinski definition) is 2. The molecule has 0 spiro atoms. The van der Waals surface area contributed by atoms with Crippen LogP contribution in [0.25, 0.3) is 0 Å². The molecule has 2 rings (SSSR count). The number of benzene rings is 1. The number of rotatable bonds is 4. The number of nitrogens with one attached hydrogen (secondary N) is 1. The van der Waals surface area contributed by atoms with Crippen molar-refractivity contribution in [2.75, 3.05) is 0 Å². The number of aromatic amines is 1. The quantitative estimate of drug-likeness (QED) is 0.856. The van der Waals surface area contributed by atoms with Gasteiger partial charge in [-0.25, -0.2) is 9.89 Å². The van der Waals surface area contributed by atoms with E-state index in [1.807, 2.05) is 44.2 Å². The minimum absolute atomic E-state index is 0.0780. The van der Waals surface area contributed by atoms with Crippen LogP contribution < -0.4 is 11.4 Å². The van der Waals surface area contributed by atoms with Crippen LogP contribution in [0.5, 0.6) is 0 Å². The van der Waals surface area contributed by atoms with Gasteiger partial charge < -0.3 is 5.73 Å². The highest BCUT2D eigenvalue weighted by Crippen LogP contribution is 2.15. The molecule has 3 N–H and O–H groups in total. The zero-order valence-corrected chi connectivity index (χ0v) is 10.6. The summed E-state index contributed by atoms with van der Waals surface area (Å²) in [6.07, 6.45) is 0.543. The standard InChI is InChI=1S/C13H18N4O/c1-9(2)17-12(15-16-13(17)18)8-11(14)10-6-4-3-5-7-10/h3-7,9,11H,8,14H2,1-2H3,(H,16,18). The summed E-state index contributed by atoms with van der Waals surface area (Å²) in [6.45, 7) is 3.91. The van der Waals surface area contributed by atoms with Gasteiger partial charge in [0.2, 0.25) is 0 Å². The van der Waals surface area contributed by atoms with Crippen LogP contribution in [-0.4, -0.2) is 14.8 Å². The van der Waals surface area contributed by atoms with Gasteiger partial charge in [-0.3, -0.25) is 4.57 Å². The molecule has 1 aromatic heterocycles. The van der Waals surface area contributed by atoms with E-state index >= 15 is 0 Å². The largest absolute Gasteiger partial charge is 0.343 e. The lowest BCUT2D eigenvalue weighted by Gasteiger charge is -2.14. The van der Waals surface area contributed by atoms with E-state index in [1.54, 1.807) is 4.57 Å². The lowest BCUT2D eigenvalue weighted by Crippen LogP contribution is -2.23. The fourth-order valence-electron chi connectivity index (χ4n) is 2.03. The highest BCUT2D eigenvalue weighted by Gasteiger charge is 2.15. The second kappa shape index (κ2) is 5.18. The molecule has 1 atom stereocenters. The van der Waals surface area contributed by atoms with E-state index < -0.39 is 0 Å². The Hall–Kier alpha value is -1.88. The van der Waals surface area contributed by atoms with Crippen molar-refractivity contribution < 1.29 is 0 Å². The molecule has 0 amide bonds. The molecule has 96 valence electrons. The first-order chi connectivity index (χ1) is 8.59. The van der Waals surface area contributed by atoms with Gasteiger partial charge in [0, 0.05) is 18.5 Å². The third-order valence-corrected chi connectivity index (χ3v) is 2.92. The predicted octanol–water partition coefficient (Wildman–Crippen LogP) is 1.39. The highest BCUT2D eigenvalue weighted by atomic mass is 16.1. The van der Waals surface area contributed by atoms with E-state index in [-0.39, 0.29) is 17.8 Å². The van der Waals surface area contributed by atoms with Crippen molar-refractivity contribution in [1.29, 1.82) is 0 Å². The SMILES string of the molecule is CC(C)n1c(CC(N)c2ccccc2)n[nH]c1=O. The molecule has 1 unspecified atom stereocenters. The van der Waals surface area contributed by atoms with E-state index in [0.717, 1.165) is 5.56 Å². The summed E-state index contributed by atoms with van der Waals surface area (Å²) in [5, 5.41) is 6.53. The fourth-order valence-corrected chi connectivity index (χ4v) is 2.03. The van der Waals surface area contributed by atoms with E-state index in [2.05, 4.69) is 10.2 Å². The number of hydrogen-bond acceptors (Lipinski definition) is 3. The third kappa shape index (κ3) is 2.51. The normalized spacial score (nSPS) is 12.9. The number of nitrogens with two attached hydrogens (primary N) is 1. The highest BCUT2D eigenvalue weighted by molar-refractivity contribution is 5.19. The predicted molar refractivity (Wildman–Crippen MR) is 70.3 cm³/mol. The second-order valence-corrected chi connectivity index (χ2v) is 4.63. The maximum absolute atomic E-state index is 11.6. The molecule has 0 aliphatic heterocycles. The number of H-pyrrole nitrogens is 1. The third-order valence-electron chi connectivity index (χ3n) is 2.92. The molecule has 5 heteroatoms. The molecule has 1 aromatic carbocycles. The van der Waals surface area contributed by atoms with E-state index in [1.165, 1.54) is 0 Å². The van der Waals surface area contributed by atoms with Gasteiger partial charge in [0.25, 0.3) is 0 Å². The molecule has 0 aliphatic carbocycles. The molecule has 5 nitrogen and oxygen atoms in total. The summed E-state index contributed by atoms with van der Waals surface area (Å²) in [4.78, 5) is 11.6. The van der Waals surface area contributed by atoms with E-state index in [4.69, 9.17) is 5.73 Å². The van der Waals surface area contributed by atoms with E-state index in [9.17, 15) is 4.79 Å². The van der Waals surface area contributed by atoms with Crippen molar-refractivity contribution in [2.24, 2.45) is 5.73 Å². The van der Waals surface area contributed by atoms with Crippen molar-refractivity contribution in [3.8, 4) is 0 Å². The molecule has 18 heavy (non-hydrogen) atoms. The van der Waals surface area contributed by atoms with Gasteiger partial charge in [0.1, 0.15) is 5.82 Å². The summed E-state index contributed by atoms with van der Waals surface area (Å²) in [6, 6.07) is 9.75. The summed E-state index contributed by atoms with van der Waals surface area (Å²) in [7, 11) is 0. The fraction of sp³-hybridized carbons (Fsp3) is 0.385. The lowest BCUT2D eigenvalue weighted by molar-refractivity contribution is 0.534. The van der Waals surface area contributed by atoms with Crippen molar-refractivity contribution in [3.05, 3.63) is 52.2 Å². The average Bonchev–Trinajstić information content (AvgIpc) is 2.71. The van der Waals surface area contributed by atoms with Crippen LogP contribution in [0, 0.1) is 0 Å². The van der Waals surface area contributed by atoms with Crippen molar-refractivity contribution in [3.63, 3.8) is 0 Å². The van der Waals surface area contributed by atoms with Gasteiger partial charge in [-0.05, 0) is 19.4 Å². The van der Waals surface area contributed by atoms with Gasteiger partial charge in [-0.1, -0.05) is 30.3 Å². The molecule has 0 bridgehead atoms. The lowest BCUT2D eigenvalue weighted by atomic mass is 10.0. The number of aromatic nitrogens is 3. The molecule has 0 saturated carbocycles. The second-order valence-electron chi connectivity index (χ2n) is 4.63. The minimum Gasteiger partial charge on any atom is -0.324 e. The van der Waals surface area contributed by atoms with Crippen LogP contribution in [0.2, 0.25) is 0 Å². The topological polar surface area (TPSA) is 76.7 Å². The van der Waals surface area contributed by atoms with Crippen molar-refractivity contribution in [2.45, 2.75) is 32.4 Å². The monoisotopic (exact) mass is 246 g/mol. The zero-order chi connectivity index (χ0) is 13.1. The molecule has 0 saturated heterocycles. The molecule has 0 fully saturated rings. The molecule has 0 aliphatic rings. The summed E-state index contributed by atoms with van der Waals surface area (Å²) >= 11 is 0. The molecule has 0 radical (unpaired) electrons. The molecular formula is C13H18N4O. The van der Waals surface area contributed by atoms with Crippen LogP contribution >= 0.6 is 0 Å². The zero-order valence-electron chi connectivity index (χ0n) is 10.6. The first-order valence-electron chi connectivity index (χ1n) is 6.06. The molecule has 1 heterocycles. The Morgan fingerprint density at radius 2 is 2.00 bits per heavy atom. The van der Waals surface area contributed by atoms with Gasteiger partial charge in [0.15, 0.2) is 0 Å². The van der Waals surface area contributed by atoms with Crippen LogP contribution in [0.3, 0.4) is 0 Å². The Labute approximate surface area is 106 Å². The molecule has 2 aromatic rings. The smallest absolute Gasteiger partial charge is 0.324 e. The van der Waals surface area contributed by atoms with Crippen LogP contribution in [0.15, 0.2) is 35.1 Å². The van der Waals surface area contributed by atoms with Gasteiger partial charge in [-0.15, -0.1) is 0 Å². The van der Waals surface area contributed by atoms with Crippen molar-refractivity contribution >= 4 is 0 Å². The Morgan fingerprint density at radius 1 is 1.33 bits per heavy atom. The Balaban J connectivity index is 2.22. The number of nitrogens with zero attached hydrogens (tertiary/aromatic N) is 2. The maximum Gasteiger partial charge on any atom is 0.343 e. The van der Waals surface area contributed by atoms with Gasteiger partial charge >= 0.3 is 5.69 Å².